The number of rotatable bonds is 4. The second kappa shape index (κ2) is 5.83. The van der Waals surface area contributed by atoms with Crippen molar-refractivity contribution < 1.29 is 4.42 Å². The molecule has 0 amide bonds. The van der Waals surface area contributed by atoms with Crippen LogP contribution in [0.15, 0.2) is 65.5 Å². The van der Waals surface area contributed by atoms with Crippen molar-refractivity contribution in [2.45, 2.75) is 19.9 Å². The summed E-state index contributed by atoms with van der Waals surface area (Å²) in [5, 5.41) is 3.53. The lowest BCUT2D eigenvalue weighted by Gasteiger charge is -2.18. The third-order valence-electron chi connectivity index (χ3n) is 3.64. The molecule has 0 bridgehead atoms. The van der Waals surface area contributed by atoms with Crippen LogP contribution in [0, 0.1) is 6.92 Å². The zero-order valence-corrected chi connectivity index (χ0v) is 12.2. The molecule has 3 heteroatoms. The number of hydrogen-bond donors (Lipinski definition) is 1. The maximum Gasteiger partial charge on any atom is 0.181 e. The van der Waals surface area contributed by atoms with Gasteiger partial charge in [-0.3, -0.25) is 0 Å². The Labute approximate surface area is 124 Å². The fourth-order valence-electron chi connectivity index (χ4n) is 2.49. The molecule has 0 radical (unpaired) electrons. The molecule has 1 unspecified atom stereocenters. The molecule has 3 aromatic rings. The molecule has 1 heterocycles. The average molecular weight is 278 g/mol. The van der Waals surface area contributed by atoms with Crippen LogP contribution in [-0.2, 0) is 0 Å². The van der Waals surface area contributed by atoms with Gasteiger partial charge in [0.2, 0.25) is 0 Å². The van der Waals surface area contributed by atoms with E-state index in [9.17, 15) is 0 Å². The molecule has 3 nitrogen and oxygen atoms in total. The fourth-order valence-corrected chi connectivity index (χ4v) is 2.49. The monoisotopic (exact) mass is 278 g/mol. The molecule has 0 aliphatic heterocycles. The molecule has 0 saturated heterocycles. The first-order chi connectivity index (χ1) is 10.2. The van der Waals surface area contributed by atoms with Gasteiger partial charge < -0.3 is 9.73 Å². The summed E-state index contributed by atoms with van der Waals surface area (Å²) in [4.78, 5) is 3.94. The van der Waals surface area contributed by atoms with Crippen LogP contribution >= 0.6 is 0 Å². The Bertz CT molecular complexity index is 702. The summed E-state index contributed by atoms with van der Waals surface area (Å²) in [6.45, 7) is 4.31. The molecule has 0 aliphatic carbocycles. The minimum atomic E-state index is 0.266. The van der Waals surface area contributed by atoms with Gasteiger partial charge in [-0.15, -0.1) is 0 Å². The highest BCUT2D eigenvalue weighted by molar-refractivity contribution is 5.60. The third-order valence-corrected chi connectivity index (χ3v) is 3.64. The van der Waals surface area contributed by atoms with Crippen LogP contribution in [0.4, 0.5) is 5.69 Å². The summed E-state index contributed by atoms with van der Waals surface area (Å²) in [5.74, 6) is 0.786. The van der Waals surface area contributed by atoms with E-state index in [1.807, 2.05) is 12.1 Å². The number of aryl methyl sites for hydroxylation is 1. The van der Waals surface area contributed by atoms with Crippen molar-refractivity contribution in [1.29, 1.82) is 0 Å². The van der Waals surface area contributed by atoms with Gasteiger partial charge in [0.1, 0.15) is 0 Å². The van der Waals surface area contributed by atoms with E-state index in [1.165, 1.54) is 17.5 Å². The Balaban J connectivity index is 1.75. The summed E-state index contributed by atoms with van der Waals surface area (Å²) >= 11 is 0. The maximum atomic E-state index is 5.29. The first kappa shape index (κ1) is 13.4. The lowest BCUT2D eigenvalue weighted by Crippen LogP contribution is -2.07. The van der Waals surface area contributed by atoms with Crippen LogP contribution in [0.25, 0.3) is 11.3 Å². The molecular formula is C18H18N2O. The number of aromatic nitrogens is 1. The Morgan fingerprint density at radius 3 is 2.48 bits per heavy atom. The van der Waals surface area contributed by atoms with Crippen molar-refractivity contribution >= 4 is 5.69 Å². The number of hydrogen-bond acceptors (Lipinski definition) is 3. The third kappa shape index (κ3) is 2.97. The van der Waals surface area contributed by atoms with E-state index < -0.39 is 0 Å². The minimum Gasteiger partial charge on any atom is -0.444 e. The van der Waals surface area contributed by atoms with E-state index >= 15 is 0 Å². The Morgan fingerprint density at radius 1 is 1.05 bits per heavy atom. The molecular weight excluding hydrogens is 260 g/mol. The molecule has 0 saturated carbocycles. The number of nitrogens with one attached hydrogen (secondary N) is 1. The van der Waals surface area contributed by atoms with Crippen molar-refractivity contribution in [3.05, 3.63) is 72.2 Å². The van der Waals surface area contributed by atoms with Crippen LogP contribution in [-0.4, -0.2) is 4.98 Å². The zero-order chi connectivity index (χ0) is 14.7. The number of oxazole rings is 1. The lowest BCUT2D eigenvalue weighted by atomic mass is 10.0. The first-order valence-electron chi connectivity index (χ1n) is 7.05. The predicted octanol–water partition coefficient (Wildman–Crippen LogP) is 4.82. The van der Waals surface area contributed by atoms with Gasteiger partial charge in [-0.2, -0.15) is 0 Å². The highest BCUT2D eigenvalue weighted by Gasteiger charge is 2.08. The second-order valence-electron chi connectivity index (χ2n) is 5.17. The molecule has 1 atom stereocenters. The molecule has 0 aliphatic rings. The van der Waals surface area contributed by atoms with Crippen LogP contribution in [0.2, 0.25) is 0 Å². The van der Waals surface area contributed by atoms with E-state index in [4.69, 9.17) is 4.42 Å². The van der Waals surface area contributed by atoms with Crippen LogP contribution in [0.1, 0.15) is 24.1 Å². The molecule has 21 heavy (non-hydrogen) atoms. The molecule has 106 valence electrons. The maximum absolute atomic E-state index is 5.29. The summed E-state index contributed by atoms with van der Waals surface area (Å²) in [6, 6.07) is 16.9. The zero-order valence-electron chi connectivity index (χ0n) is 12.2. The standard InChI is InChI=1S/C18H18N2O/c1-13-5-3-4-6-17(13)14(2)20-16-9-7-15(8-10-16)18-11-19-12-21-18/h3-12,14,20H,1-2H3. The molecule has 3 rings (SSSR count). The van der Waals surface area contributed by atoms with E-state index in [0.717, 1.165) is 17.0 Å². The first-order valence-corrected chi connectivity index (χ1v) is 7.05. The highest BCUT2D eigenvalue weighted by atomic mass is 16.3. The summed E-state index contributed by atoms with van der Waals surface area (Å²) < 4.78 is 5.29. The van der Waals surface area contributed by atoms with Gasteiger partial charge in [-0.1, -0.05) is 24.3 Å². The average Bonchev–Trinajstić information content (AvgIpc) is 3.02. The Kier molecular flexibility index (Phi) is 3.73. The molecule has 0 fully saturated rings. The van der Waals surface area contributed by atoms with Crippen molar-refractivity contribution in [3.8, 4) is 11.3 Å². The van der Waals surface area contributed by atoms with E-state index in [1.54, 1.807) is 6.20 Å². The topological polar surface area (TPSA) is 38.1 Å². The van der Waals surface area contributed by atoms with Crippen molar-refractivity contribution in [2.75, 3.05) is 5.32 Å². The number of benzene rings is 2. The molecule has 2 aromatic carbocycles. The van der Waals surface area contributed by atoms with E-state index in [2.05, 4.69) is 60.5 Å². The van der Waals surface area contributed by atoms with Gasteiger partial charge >= 0.3 is 0 Å². The number of nitrogens with zero attached hydrogens (tertiary/aromatic N) is 1. The van der Waals surface area contributed by atoms with Crippen molar-refractivity contribution in [2.24, 2.45) is 0 Å². The largest absolute Gasteiger partial charge is 0.444 e. The smallest absolute Gasteiger partial charge is 0.181 e. The SMILES string of the molecule is Cc1ccccc1C(C)Nc1ccc(-c2cnco2)cc1. The van der Waals surface area contributed by atoms with Gasteiger partial charge in [0.05, 0.1) is 6.20 Å². The quantitative estimate of drug-likeness (QED) is 0.743. The lowest BCUT2D eigenvalue weighted by molar-refractivity contribution is 0.572. The summed E-state index contributed by atoms with van der Waals surface area (Å²) in [5.41, 5.74) is 4.74. The van der Waals surface area contributed by atoms with E-state index in [-0.39, 0.29) is 6.04 Å². The van der Waals surface area contributed by atoms with Gasteiger partial charge in [0, 0.05) is 17.3 Å². The Morgan fingerprint density at radius 2 is 1.81 bits per heavy atom. The van der Waals surface area contributed by atoms with Crippen molar-refractivity contribution in [3.63, 3.8) is 0 Å². The van der Waals surface area contributed by atoms with Gasteiger partial charge in [-0.25, -0.2) is 4.98 Å². The second-order valence-corrected chi connectivity index (χ2v) is 5.17. The highest BCUT2D eigenvalue weighted by Crippen LogP contribution is 2.24. The van der Waals surface area contributed by atoms with Crippen LogP contribution < -0.4 is 5.32 Å². The van der Waals surface area contributed by atoms with Crippen LogP contribution in [0.5, 0.6) is 0 Å². The Hall–Kier alpha value is -2.55. The molecule has 0 spiro atoms. The fraction of sp³-hybridized carbons (Fsp3) is 0.167. The predicted molar refractivity (Wildman–Crippen MR) is 85.2 cm³/mol. The summed E-state index contributed by atoms with van der Waals surface area (Å²) in [7, 11) is 0. The molecule has 1 N–H and O–H groups in total. The van der Waals surface area contributed by atoms with Gasteiger partial charge in [0.25, 0.3) is 0 Å². The normalized spacial score (nSPS) is 12.1. The van der Waals surface area contributed by atoms with Gasteiger partial charge in [-0.05, 0) is 49.2 Å². The summed E-state index contributed by atoms with van der Waals surface area (Å²) in [6.07, 6.45) is 3.17. The van der Waals surface area contributed by atoms with E-state index in [0.29, 0.717) is 0 Å². The molecule has 1 aromatic heterocycles. The minimum absolute atomic E-state index is 0.266. The van der Waals surface area contributed by atoms with Crippen molar-refractivity contribution in [1.82, 2.24) is 4.98 Å². The van der Waals surface area contributed by atoms with Crippen LogP contribution in [0.3, 0.4) is 0 Å². The van der Waals surface area contributed by atoms with Gasteiger partial charge in [0.15, 0.2) is 12.2 Å². The number of anilines is 1.